The van der Waals surface area contributed by atoms with E-state index in [1.54, 1.807) is 0 Å². The molecule has 2 nitrogen and oxygen atoms in total. The van der Waals surface area contributed by atoms with Crippen molar-refractivity contribution in [2.45, 2.75) is 25.7 Å². The molecule has 0 heterocycles. The van der Waals surface area contributed by atoms with Gasteiger partial charge >= 0.3 is 0 Å². The summed E-state index contributed by atoms with van der Waals surface area (Å²) in [5.74, 6) is -0.0368. The van der Waals surface area contributed by atoms with E-state index in [-0.39, 0.29) is 11.8 Å². The summed E-state index contributed by atoms with van der Waals surface area (Å²) in [5.41, 5.74) is 1.90. The van der Waals surface area contributed by atoms with Crippen LogP contribution in [0.15, 0.2) is 59.1 Å². The van der Waals surface area contributed by atoms with E-state index in [9.17, 15) is 4.79 Å². The second-order valence-corrected chi connectivity index (χ2v) is 5.66. The van der Waals surface area contributed by atoms with Crippen molar-refractivity contribution in [3.05, 3.63) is 64.6 Å². The molecule has 0 aliphatic heterocycles. The van der Waals surface area contributed by atoms with Gasteiger partial charge in [-0.1, -0.05) is 59.6 Å². The van der Waals surface area contributed by atoms with Gasteiger partial charge in [-0.25, -0.2) is 0 Å². The Balaban J connectivity index is 2.13. The van der Waals surface area contributed by atoms with Crippen molar-refractivity contribution in [3.8, 4) is 0 Å². The van der Waals surface area contributed by atoms with E-state index < -0.39 is 0 Å². The molecule has 0 spiro atoms. The van der Waals surface area contributed by atoms with Crippen molar-refractivity contribution in [2.24, 2.45) is 0 Å². The summed E-state index contributed by atoms with van der Waals surface area (Å²) in [4.78, 5) is 12.5. The van der Waals surface area contributed by atoms with E-state index in [0.29, 0.717) is 0 Å². The van der Waals surface area contributed by atoms with Gasteiger partial charge in [-0.15, -0.1) is 0 Å². The first-order valence-corrected chi connectivity index (χ1v) is 7.61. The first kappa shape index (κ1) is 14.8. The van der Waals surface area contributed by atoms with E-state index in [2.05, 4.69) is 28.2 Å². The second-order valence-electron chi connectivity index (χ2n) is 4.75. The molecule has 2 aromatic rings. The quantitative estimate of drug-likeness (QED) is 0.823. The van der Waals surface area contributed by atoms with E-state index in [1.807, 2.05) is 54.6 Å². The van der Waals surface area contributed by atoms with Crippen molar-refractivity contribution in [2.75, 3.05) is 5.32 Å². The summed E-state index contributed by atoms with van der Waals surface area (Å²) in [6.45, 7) is 2.10. The Hall–Kier alpha value is -1.61. The molecule has 2 rings (SSSR count). The van der Waals surface area contributed by atoms with Crippen LogP contribution < -0.4 is 5.32 Å². The molecule has 0 radical (unpaired) electrons. The number of halogens is 1. The van der Waals surface area contributed by atoms with E-state index in [0.717, 1.165) is 28.6 Å². The van der Waals surface area contributed by atoms with Crippen LogP contribution in [-0.4, -0.2) is 5.91 Å². The smallest absolute Gasteiger partial charge is 0.231 e. The predicted octanol–water partition coefficient (Wildman–Crippen LogP) is 4.97. The van der Waals surface area contributed by atoms with Crippen LogP contribution in [0.5, 0.6) is 0 Å². The Morgan fingerprint density at radius 3 is 2.35 bits per heavy atom. The Morgan fingerprint density at radius 1 is 1.10 bits per heavy atom. The number of nitrogens with one attached hydrogen (secondary N) is 1. The highest BCUT2D eigenvalue weighted by atomic mass is 79.9. The molecule has 0 aliphatic carbocycles. The lowest BCUT2D eigenvalue weighted by atomic mass is 9.93. The van der Waals surface area contributed by atoms with Crippen LogP contribution in [-0.2, 0) is 4.79 Å². The maximum Gasteiger partial charge on any atom is 0.231 e. The normalized spacial score (nSPS) is 11.9. The average Bonchev–Trinajstić information content (AvgIpc) is 2.48. The molecule has 1 N–H and O–H groups in total. The van der Waals surface area contributed by atoms with Crippen LogP contribution in [0.2, 0.25) is 0 Å². The summed E-state index contributed by atoms with van der Waals surface area (Å²) < 4.78 is 1.00. The van der Waals surface area contributed by atoms with Crippen LogP contribution in [0.25, 0.3) is 0 Å². The Morgan fingerprint density at radius 2 is 1.75 bits per heavy atom. The minimum atomic E-state index is -0.0927. The molecule has 0 aliphatic rings. The first-order valence-electron chi connectivity index (χ1n) is 6.82. The van der Waals surface area contributed by atoms with Gasteiger partial charge in [-0.3, -0.25) is 4.79 Å². The average molecular weight is 332 g/mol. The lowest BCUT2D eigenvalue weighted by molar-refractivity contribution is -0.117. The molecule has 20 heavy (non-hydrogen) atoms. The fourth-order valence-electron chi connectivity index (χ4n) is 2.19. The van der Waals surface area contributed by atoms with Gasteiger partial charge in [-0.05, 0) is 36.2 Å². The first-order chi connectivity index (χ1) is 9.70. The Kier molecular flexibility index (Phi) is 5.36. The van der Waals surface area contributed by atoms with E-state index in [4.69, 9.17) is 0 Å². The van der Waals surface area contributed by atoms with Crippen LogP contribution in [0.4, 0.5) is 5.69 Å². The van der Waals surface area contributed by atoms with Gasteiger partial charge in [0.05, 0.1) is 5.92 Å². The molecule has 1 atom stereocenters. The van der Waals surface area contributed by atoms with Crippen molar-refractivity contribution in [1.29, 1.82) is 0 Å². The minimum absolute atomic E-state index is 0.0559. The molecule has 2 aromatic carbocycles. The third-order valence-corrected chi connectivity index (χ3v) is 3.74. The topological polar surface area (TPSA) is 29.1 Å². The van der Waals surface area contributed by atoms with Crippen molar-refractivity contribution in [3.63, 3.8) is 0 Å². The molecular formula is C17H18BrNO. The minimum Gasteiger partial charge on any atom is -0.326 e. The number of anilines is 1. The van der Waals surface area contributed by atoms with Gasteiger partial charge in [0.25, 0.3) is 0 Å². The highest BCUT2D eigenvalue weighted by Crippen LogP contribution is 2.23. The summed E-state index contributed by atoms with van der Waals surface area (Å²) >= 11 is 3.39. The predicted molar refractivity (Wildman–Crippen MR) is 86.9 cm³/mol. The molecule has 1 amide bonds. The molecule has 0 fully saturated rings. The number of carbonyl (C=O) groups excluding carboxylic acids is 1. The van der Waals surface area contributed by atoms with Gasteiger partial charge in [0.1, 0.15) is 0 Å². The zero-order valence-corrected chi connectivity index (χ0v) is 13.1. The maximum absolute atomic E-state index is 12.5. The number of benzene rings is 2. The number of amides is 1. The van der Waals surface area contributed by atoms with Gasteiger partial charge in [0.15, 0.2) is 0 Å². The largest absolute Gasteiger partial charge is 0.326 e. The lowest BCUT2D eigenvalue weighted by Crippen LogP contribution is -2.21. The third kappa shape index (κ3) is 3.94. The van der Waals surface area contributed by atoms with E-state index >= 15 is 0 Å². The third-order valence-electron chi connectivity index (χ3n) is 3.21. The van der Waals surface area contributed by atoms with Gasteiger partial charge in [-0.2, -0.15) is 0 Å². The fourth-order valence-corrected chi connectivity index (χ4v) is 2.45. The maximum atomic E-state index is 12.5. The number of rotatable bonds is 5. The summed E-state index contributed by atoms with van der Waals surface area (Å²) in [6.07, 6.45) is 1.83. The Labute approximate surface area is 128 Å². The molecule has 104 valence electrons. The van der Waals surface area contributed by atoms with Crippen LogP contribution in [0, 0.1) is 0 Å². The van der Waals surface area contributed by atoms with E-state index in [1.165, 1.54) is 0 Å². The lowest BCUT2D eigenvalue weighted by Gasteiger charge is -2.16. The van der Waals surface area contributed by atoms with Crippen LogP contribution >= 0.6 is 15.9 Å². The van der Waals surface area contributed by atoms with Crippen LogP contribution in [0.3, 0.4) is 0 Å². The molecule has 0 saturated heterocycles. The SMILES string of the molecule is CCCC(C(=O)Nc1ccc(Br)cc1)c1ccccc1. The monoisotopic (exact) mass is 331 g/mol. The summed E-state index contributed by atoms with van der Waals surface area (Å²) in [5, 5.41) is 2.99. The fraction of sp³-hybridized carbons (Fsp3) is 0.235. The van der Waals surface area contributed by atoms with Gasteiger partial charge < -0.3 is 5.32 Å². The van der Waals surface area contributed by atoms with Crippen molar-refractivity contribution >= 4 is 27.5 Å². The standard InChI is InChI=1S/C17H18BrNO/c1-2-6-16(13-7-4-3-5-8-13)17(20)19-15-11-9-14(18)10-12-15/h3-5,7-12,16H,2,6H2,1H3,(H,19,20). The van der Waals surface area contributed by atoms with Gasteiger partial charge in [0, 0.05) is 10.2 Å². The van der Waals surface area contributed by atoms with Gasteiger partial charge in [0.2, 0.25) is 5.91 Å². The highest BCUT2D eigenvalue weighted by molar-refractivity contribution is 9.10. The zero-order chi connectivity index (χ0) is 14.4. The zero-order valence-electron chi connectivity index (χ0n) is 11.5. The number of hydrogen-bond acceptors (Lipinski definition) is 1. The molecule has 1 unspecified atom stereocenters. The summed E-state index contributed by atoms with van der Waals surface area (Å²) in [6, 6.07) is 17.6. The van der Waals surface area contributed by atoms with Crippen molar-refractivity contribution in [1.82, 2.24) is 0 Å². The van der Waals surface area contributed by atoms with Crippen molar-refractivity contribution < 1.29 is 4.79 Å². The highest BCUT2D eigenvalue weighted by Gasteiger charge is 2.19. The molecule has 3 heteroatoms. The molecule has 0 saturated carbocycles. The molecular weight excluding hydrogens is 314 g/mol. The number of carbonyl (C=O) groups is 1. The molecule has 0 aromatic heterocycles. The summed E-state index contributed by atoms with van der Waals surface area (Å²) in [7, 11) is 0. The van der Waals surface area contributed by atoms with Crippen LogP contribution in [0.1, 0.15) is 31.2 Å². The second kappa shape index (κ2) is 7.25. The Bertz CT molecular complexity index is 551. The number of hydrogen-bond donors (Lipinski definition) is 1. The molecule has 0 bridgehead atoms.